The van der Waals surface area contributed by atoms with Crippen molar-refractivity contribution in [3.05, 3.63) is 42.2 Å². The van der Waals surface area contributed by atoms with E-state index in [-0.39, 0.29) is 24.1 Å². The summed E-state index contributed by atoms with van der Waals surface area (Å²) in [4.78, 5) is 42.0. The van der Waals surface area contributed by atoms with Gasteiger partial charge in [-0.1, -0.05) is 13.0 Å². The number of carboxylic acid groups (broad SMARTS) is 1. The summed E-state index contributed by atoms with van der Waals surface area (Å²) in [6, 6.07) is 2.42. The number of aromatic carboxylic acids is 1. The third kappa shape index (κ3) is 11.5. The molecule has 184 valence electrons. The molecule has 33 heavy (non-hydrogen) atoms. The van der Waals surface area contributed by atoms with E-state index in [1.165, 1.54) is 18.3 Å². The normalized spacial score (nSPS) is 12.0. The van der Waals surface area contributed by atoms with E-state index in [0.29, 0.717) is 38.2 Å². The average Bonchev–Trinajstić information content (AvgIpc) is 2.75. The summed E-state index contributed by atoms with van der Waals surface area (Å²) < 4.78 is 5.48. The average molecular weight is 463 g/mol. The Morgan fingerprint density at radius 1 is 1.27 bits per heavy atom. The van der Waals surface area contributed by atoms with E-state index < -0.39 is 17.6 Å². The number of aromatic nitrogens is 1. The number of ether oxygens (including phenoxy) is 1. The van der Waals surface area contributed by atoms with Crippen LogP contribution >= 0.6 is 0 Å². The molecule has 1 atom stereocenters. The molecular formula is C24H38N4O5. The zero-order valence-electron chi connectivity index (χ0n) is 20.2. The molecule has 9 nitrogen and oxygen atoms in total. The quantitative estimate of drug-likeness (QED) is 0.286. The van der Waals surface area contributed by atoms with Crippen molar-refractivity contribution in [2.45, 2.75) is 71.6 Å². The van der Waals surface area contributed by atoms with Crippen LogP contribution in [0, 0.1) is 0 Å². The fourth-order valence-electron chi connectivity index (χ4n) is 3.10. The second kappa shape index (κ2) is 14.3. The Labute approximate surface area is 196 Å². The Kier molecular flexibility index (Phi) is 12.1. The fraction of sp³-hybridized carbons (Fsp3) is 0.583. The molecule has 2 amide bonds. The number of carboxylic acids is 1. The second-order valence-corrected chi connectivity index (χ2v) is 8.77. The van der Waals surface area contributed by atoms with E-state index in [0.717, 1.165) is 12.8 Å². The van der Waals surface area contributed by atoms with Gasteiger partial charge in [0.1, 0.15) is 5.60 Å². The van der Waals surface area contributed by atoms with Crippen LogP contribution in [-0.4, -0.2) is 64.2 Å². The summed E-state index contributed by atoms with van der Waals surface area (Å²) >= 11 is 0. The third-order valence-electron chi connectivity index (χ3n) is 4.65. The van der Waals surface area contributed by atoms with Crippen LogP contribution in [0.25, 0.3) is 0 Å². The van der Waals surface area contributed by atoms with Gasteiger partial charge in [0, 0.05) is 32.4 Å². The minimum absolute atomic E-state index is 0.146. The number of rotatable bonds is 14. The highest BCUT2D eigenvalue weighted by atomic mass is 16.6. The summed E-state index contributed by atoms with van der Waals surface area (Å²) in [7, 11) is 0. The maximum absolute atomic E-state index is 12.6. The molecule has 0 bridgehead atoms. The number of nitrogens with zero attached hydrogens (tertiary/aromatic N) is 2. The lowest BCUT2D eigenvalue weighted by Gasteiger charge is -2.27. The highest BCUT2D eigenvalue weighted by Crippen LogP contribution is 2.12. The molecule has 0 fully saturated rings. The maximum Gasteiger partial charge on any atom is 0.410 e. The van der Waals surface area contributed by atoms with Crippen molar-refractivity contribution in [3.63, 3.8) is 0 Å². The lowest BCUT2D eigenvalue weighted by Crippen LogP contribution is -2.44. The minimum Gasteiger partial charge on any atom is -0.478 e. The number of nitrogens with one attached hydrogen (secondary N) is 2. The van der Waals surface area contributed by atoms with Gasteiger partial charge in [-0.05, 0) is 58.6 Å². The highest BCUT2D eigenvalue weighted by Gasteiger charge is 2.22. The Bertz CT molecular complexity index is 791. The summed E-state index contributed by atoms with van der Waals surface area (Å²) in [5.41, 5.74) is 0.135. The Hall–Kier alpha value is -2.94. The number of hydrogen-bond donors (Lipinski definition) is 3. The molecule has 0 aliphatic heterocycles. The summed E-state index contributed by atoms with van der Waals surface area (Å²) in [6.07, 6.45) is 5.53. The first-order valence-electron chi connectivity index (χ1n) is 11.4. The molecule has 1 aromatic heterocycles. The van der Waals surface area contributed by atoms with E-state index in [2.05, 4.69) is 22.2 Å². The zero-order chi connectivity index (χ0) is 24.9. The number of carbonyl (C=O) groups excluding carboxylic acids is 2. The Morgan fingerprint density at radius 3 is 2.61 bits per heavy atom. The fourth-order valence-corrected chi connectivity index (χ4v) is 3.10. The van der Waals surface area contributed by atoms with Crippen LogP contribution in [0.3, 0.4) is 0 Å². The predicted molar refractivity (Wildman–Crippen MR) is 127 cm³/mol. The first-order chi connectivity index (χ1) is 15.6. The monoisotopic (exact) mass is 462 g/mol. The van der Waals surface area contributed by atoms with Gasteiger partial charge in [-0.25, -0.2) is 9.59 Å². The van der Waals surface area contributed by atoms with Crippen molar-refractivity contribution in [1.82, 2.24) is 20.5 Å². The van der Waals surface area contributed by atoms with Crippen LogP contribution < -0.4 is 10.6 Å². The number of carbonyl (C=O) groups is 3. The number of hydrogen-bond acceptors (Lipinski definition) is 6. The van der Waals surface area contributed by atoms with Crippen molar-refractivity contribution in [2.24, 2.45) is 0 Å². The van der Waals surface area contributed by atoms with Gasteiger partial charge < -0.3 is 25.4 Å². The van der Waals surface area contributed by atoms with Crippen LogP contribution in [0.4, 0.5) is 4.79 Å². The van der Waals surface area contributed by atoms with Crippen molar-refractivity contribution in [1.29, 1.82) is 0 Å². The lowest BCUT2D eigenvalue weighted by molar-refractivity contribution is -0.123. The van der Waals surface area contributed by atoms with Gasteiger partial charge in [0.15, 0.2) is 0 Å². The van der Waals surface area contributed by atoms with E-state index >= 15 is 0 Å². The van der Waals surface area contributed by atoms with Crippen molar-refractivity contribution >= 4 is 18.0 Å². The van der Waals surface area contributed by atoms with Gasteiger partial charge in [-0.2, -0.15) is 0 Å². The van der Waals surface area contributed by atoms with E-state index in [1.54, 1.807) is 11.0 Å². The summed E-state index contributed by atoms with van der Waals surface area (Å²) in [5.74, 6) is -1.19. The molecule has 1 aromatic rings. The van der Waals surface area contributed by atoms with Gasteiger partial charge >= 0.3 is 12.1 Å². The molecule has 0 saturated heterocycles. The van der Waals surface area contributed by atoms with Crippen LogP contribution in [0.2, 0.25) is 0 Å². The largest absolute Gasteiger partial charge is 0.478 e. The van der Waals surface area contributed by atoms with Gasteiger partial charge in [0.2, 0.25) is 5.91 Å². The molecule has 0 radical (unpaired) electrons. The third-order valence-corrected chi connectivity index (χ3v) is 4.65. The number of pyridine rings is 1. The first-order valence-corrected chi connectivity index (χ1v) is 11.4. The topological polar surface area (TPSA) is 121 Å². The molecule has 9 heteroatoms. The van der Waals surface area contributed by atoms with E-state index in [9.17, 15) is 14.4 Å². The lowest BCUT2D eigenvalue weighted by atomic mass is 10.1. The molecule has 0 aliphatic rings. The maximum atomic E-state index is 12.6. The molecule has 0 spiro atoms. The van der Waals surface area contributed by atoms with Gasteiger partial charge in [-0.15, -0.1) is 6.58 Å². The minimum atomic E-state index is -1.03. The summed E-state index contributed by atoms with van der Waals surface area (Å²) in [5, 5.41) is 15.1. The van der Waals surface area contributed by atoms with E-state index in [1.807, 2.05) is 27.7 Å². The van der Waals surface area contributed by atoms with Gasteiger partial charge in [-0.3, -0.25) is 9.78 Å². The van der Waals surface area contributed by atoms with Crippen molar-refractivity contribution in [2.75, 3.05) is 19.6 Å². The highest BCUT2D eigenvalue weighted by molar-refractivity contribution is 5.87. The van der Waals surface area contributed by atoms with Crippen LogP contribution in [0.5, 0.6) is 0 Å². The Morgan fingerprint density at radius 2 is 2.00 bits per heavy atom. The smallest absolute Gasteiger partial charge is 0.410 e. The second-order valence-electron chi connectivity index (χ2n) is 8.77. The predicted octanol–water partition coefficient (Wildman–Crippen LogP) is 3.36. The molecule has 0 saturated carbocycles. The molecule has 3 N–H and O–H groups in total. The first kappa shape index (κ1) is 28.1. The Balaban J connectivity index is 2.67. The number of unbranched alkanes of at least 4 members (excludes halogenated alkanes) is 1. The zero-order valence-corrected chi connectivity index (χ0v) is 20.2. The van der Waals surface area contributed by atoms with Crippen LogP contribution in [0.1, 0.15) is 69.4 Å². The molecule has 1 rings (SSSR count). The molecular weight excluding hydrogens is 424 g/mol. The van der Waals surface area contributed by atoms with Gasteiger partial charge in [0.05, 0.1) is 17.3 Å². The van der Waals surface area contributed by atoms with E-state index in [4.69, 9.17) is 9.84 Å². The van der Waals surface area contributed by atoms with Crippen LogP contribution in [0.15, 0.2) is 31.0 Å². The summed E-state index contributed by atoms with van der Waals surface area (Å²) in [6.45, 7) is 12.9. The number of amides is 2. The van der Waals surface area contributed by atoms with Crippen molar-refractivity contribution in [3.8, 4) is 0 Å². The SMILES string of the molecule is C=CCNC(=O)[C@@H](CCCCN(CCC)C(=O)OC(C)(C)C)NCc1cc(C(=O)O)ccn1. The van der Waals surface area contributed by atoms with Crippen LogP contribution in [-0.2, 0) is 16.1 Å². The molecule has 0 aromatic carbocycles. The van der Waals surface area contributed by atoms with Gasteiger partial charge in [0.25, 0.3) is 0 Å². The van der Waals surface area contributed by atoms with Crippen molar-refractivity contribution < 1.29 is 24.2 Å². The molecule has 0 aliphatic carbocycles. The standard InChI is InChI=1S/C24H38N4O5/c1-6-12-26-21(29)20(27-17-19-16-18(22(30)31)11-13-25-19)10-8-9-15-28(14-7-2)23(32)33-24(3,4)5/h6,11,13,16,20,27H,1,7-10,12,14-15,17H2,2-5H3,(H,26,29)(H,30,31)/t20-/m1/s1. The molecule has 1 heterocycles. The molecule has 0 unspecified atom stereocenters.